The lowest BCUT2D eigenvalue weighted by atomic mass is 10.0. The van der Waals surface area contributed by atoms with Crippen LogP contribution >= 0.6 is 0 Å². The van der Waals surface area contributed by atoms with Gasteiger partial charge >= 0.3 is 5.97 Å². The van der Waals surface area contributed by atoms with Crippen LogP contribution in [0.25, 0.3) is 10.9 Å². The summed E-state index contributed by atoms with van der Waals surface area (Å²) in [7, 11) is 0. The molecule has 8 heteroatoms. The molecule has 0 unspecified atom stereocenters. The lowest BCUT2D eigenvalue weighted by Gasteiger charge is -2.34. The zero-order chi connectivity index (χ0) is 21.1. The Morgan fingerprint density at radius 3 is 2.67 bits per heavy atom. The fourth-order valence-corrected chi connectivity index (χ4v) is 3.86. The van der Waals surface area contributed by atoms with Gasteiger partial charge in [0.25, 0.3) is 0 Å². The quantitative estimate of drug-likeness (QED) is 0.645. The highest BCUT2D eigenvalue weighted by molar-refractivity contribution is 6.03. The molecule has 1 N–H and O–H groups in total. The highest BCUT2D eigenvalue weighted by Gasteiger charge is 2.25. The molecule has 2 aromatic heterocycles. The number of aryl methyl sites for hydroxylation is 2. The minimum atomic E-state index is -0.456. The molecule has 156 valence electrons. The molecule has 0 atom stereocenters. The number of hydrogen-bond acceptors (Lipinski definition) is 8. The van der Waals surface area contributed by atoms with Crippen LogP contribution in [-0.4, -0.2) is 51.9 Å². The molecule has 1 aliphatic heterocycles. The number of carbonyl (C=O) groups is 1. The van der Waals surface area contributed by atoms with E-state index in [1.165, 1.54) is 0 Å². The molecule has 0 bridgehead atoms. The van der Waals surface area contributed by atoms with Gasteiger partial charge in [0.05, 0.1) is 17.8 Å². The molecule has 4 rings (SSSR count). The van der Waals surface area contributed by atoms with Crippen molar-refractivity contribution in [3.05, 3.63) is 47.5 Å². The van der Waals surface area contributed by atoms with Gasteiger partial charge in [-0.2, -0.15) is 0 Å². The summed E-state index contributed by atoms with van der Waals surface area (Å²) in [5.74, 6) is 1.31. The van der Waals surface area contributed by atoms with Crippen LogP contribution in [0, 0.1) is 13.8 Å². The predicted molar refractivity (Wildman–Crippen MR) is 116 cm³/mol. The van der Waals surface area contributed by atoms with Gasteiger partial charge in [-0.3, -0.25) is 0 Å². The third-order valence-electron chi connectivity index (χ3n) is 5.26. The molecule has 8 nitrogen and oxygen atoms in total. The van der Waals surface area contributed by atoms with E-state index in [1.54, 1.807) is 6.92 Å². The number of piperidine rings is 1. The van der Waals surface area contributed by atoms with Gasteiger partial charge in [0.15, 0.2) is 5.69 Å². The van der Waals surface area contributed by atoms with Crippen molar-refractivity contribution in [2.24, 2.45) is 0 Å². The van der Waals surface area contributed by atoms with E-state index in [1.807, 2.05) is 44.2 Å². The van der Waals surface area contributed by atoms with Crippen molar-refractivity contribution in [1.82, 2.24) is 20.2 Å². The summed E-state index contributed by atoms with van der Waals surface area (Å²) in [4.78, 5) is 23.7. The zero-order valence-corrected chi connectivity index (χ0v) is 17.6. The van der Waals surface area contributed by atoms with E-state index in [4.69, 9.17) is 4.74 Å². The maximum Gasteiger partial charge on any atom is 0.361 e. The van der Waals surface area contributed by atoms with Crippen LogP contribution in [0.4, 0.5) is 11.5 Å². The average Bonchev–Trinajstić information content (AvgIpc) is 2.74. The number of carbonyl (C=O) groups excluding carboxylic acids is 1. The Balaban J connectivity index is 1.54. The van der Waals surface area contributed by atoms with Gasteiger partial charge in [-0.15, -0.1) is 10.2 Å². The molecule has 3 aromatic rings. The van der Waals surface area contributed by atoms with E-state index in [0.29, 0.717) is 12.3 Å². The largest absolute Gasteiger partial charge is 0.461 e. The molecule has 30 heavy (non-hydrogen) atoms. The lowest BCUT2D eigenvalue weighted by Crippen LogP contribution is -2.40. The first-order valence-corrected chi connectivity index (χ1v) is 10.3. The van der Waals surface area contributed by atoms with Gasteiger partial charge < -0.3 is 15.0 Å². The maximum atomic E-state index is 12.5. The summed E-state index contributed by atoms with van der Waals surface area (Å²) in [6.45, 7) is 7.74. The Labute approximate surface area is 175 Å². The van der Waals surface area contributed by atoms with Crippen LogP contribution in [0.3, 0.4) is 0 Å². The molecule has 0 aliphatic carbocycles. The van der Waals surface area contributed by atoms with E-state index in [-0.39, 0.29) is 11.7 Å². The summed E-state index contributed by atoms with van der Waals surface area (Å²) in [5.41, 5.74) is 2.66. The smallest absolute Gasteiger partial charge is 0.361 e. The van der Waals surface area contributed by atoms with E-state index < -0.39 is 5.97 Å². The van der Waals surface area contributed by atoms with Crippen LogP contribution in [0.15, 0.2) is 30.3 Å². The number of esters is 1. The third-order valence-corrected chi connectivity index (χ3v) is 5.26. The maximum absolute atomic E-state index is 12.5. The van der Waals surface area contributed by atoms with Gasteiger partial charge in [0.2, 0.25) is 0 Å². The standard InChI is InChI=1S/C22H26N6O2/c1-4-30-22(29)21-20(17-7-5-6-8-18(17)26-27-21)25-16-9-11-28(12-10-16)19-13-14(2)23-15(3)24-19/h5-8,13,16H,4,9-12H2,1-3H3,(H,25,26). The molecule has 1 saturated heterocycles. The first-order valence-electron chi connectivity index (χ1n) is 10.3. The topological polar surface area (TPSA) is 93.1 Å². The summed E-state index contributed by atoms with van der Waals surface area (Å²) in [6, 6.07) is 9.94. The normalized spacial score (nSPS) is 14.7. The monoisotopic (exact) mass is 406 g/mol. The average molecular weight is 406 g/mol. The summed E-state index contributed by atoms with van der Waals surface area (Å²) in [6.07, 6.45) is 1.84. The van der Waals surface area contributed by atoms with Crippen molar-refractivity contribution in [3.8, 4) is 0 Å². The summed E-state index contributed by atoms with van der Waals surface area (Å²) in [5, 5.41) is 12.8. The Kier molecular flexibility index (Phi) is 5.74. The number of hydrogen-bond donors (Lipinski definition) is 1. The highest BCUT2D eigenvalue weighted by Crippen LogP contribution is 2.28. The van der Waals surface area contributed by atoms with Crippen molar-refractivity contribution in [1.29, 1.82) is 0 Å². The predicted octanol–water partition coefficient (Wildman–Crippen LogP) is 3.29. The van der Waals surface area contributed by atoms with E-state index in [9.17, 15) is 4.79 Å². The highest BCUT2D eigenvalue weighted by atomic mass is 16.5. The van der Waals surface area contributed by atoms with Crippen LogP contribution in [0.1, 0.15) is 41.8 Å². The number of fused-ring (bicyclic) bond motifs is 1. The van der Waals surface area contributed by atoms with Crippen molar-refractivity contribution in [2.45, 2.75) is 39.7 Å². The van der Waals surface area contributed by atoms with E-state index in [0.717, 1.165) is 54.2 Å². The molecule has 0 amide bonds. The van der Waals surface area contributed by atoms with Crippen LogP contribution in [-0.2, 0) is 4.74 Å². The fraction of sp³-hybridized carbons (Fsp3) is 0.409. The second-order valence-electron chi connectivity index (χ2n) is 7.48. The van der Waals surface area contributed by atoms with E-state index >= 15 is 0 Å². The van der Waals surface area contributed by atoms with E-state index in [2.05, 4.69) is 30.4 Å². The van der Waals surface area contributed by atoms with Crippen LogP contribution in [0.5, 0.6) is 0 Å². The minimum Gasteiger partial charge on any atom is -0.461 e. The lowest BCUT2D eigenvalue weighted by molar-refractivity contribution is 0.0519. The number of nitrogens with zero attached hydrogens (tertiary/aromatic N) is 5. The molecular formula is C22H26N6O2. The Hall–Kier alpha value is -3.29. The Morgan fingerprint density at radius 2 is 1.93 bits per heavy atom. The minimum absolute atomic E-state index is 0.214. The summed E-state index contributed by atoms with van der Waals surface area (Å²) >= 11 is 0. The summed E-state index contributed by atoms with van der Waals surface area (Å²) < 4.78 is 5.20. The van der Waals surface area contributed by atoms with Gasteiger partial charge in [-0.1, -0.05) is 18.2 Å². The number of benzene rings is 1. The fourth-order valence-electron chi connectivity index (χ4n) is 3.86. The molecule has 0 radical (unpaired) electrons. The molecule has 1 aromatic carbocycles. The van der Waals surface area contributed by atoms with Gasteiger partial charge in [0.1, 0.15) is 11.6 Å². The number of rotatable bonds is 5. The first-order chi connectivity index (χ1) is 14.5. The molecule has 1 fully saturated rings. The van der Waals surface area contributed by atoms with Crippen molar-refractivity contribution >= 4 is 28.4 Å². The number of anilines is 2. The van der Waals surface area contributed by atoms with Crippen LogP contribution < -0.4 is 10.2 Å². The number of aromatic nitrogens is 4. The van der Waals surface area contributed by atoms with Crippen LogP contribution in [0.2, 0.25) is 0 Å². The second-order valence-corrected chi connectivity index (χ2v) is 7.48. The third kappa shape index (κ3) is 4.17. The molecule has 0 spiro atoms. The SMILES string of the molecule is CCOC(=O)c1nnc2ccccc2c1NC1CCN(c2cc(C)nc(C)n2)CC1. The van der Waals surface area contributed by atoms with Gasteiger partial charge in [-0.05, 0) is 39.7 Å². The molecular weight excluding hydrogens is 380 g/mol. The van der Waals surface area contributed by atoms with Gasteiger partial charge in [0, 0.05) is 36.3 Å². The molecule has 3 heterocycles. The zero-order valence-electron chi connectivity index (χ0n) is 17.6. The first kappa shape index (κ1) is 20.0. The van der Waals surface area contributed by atoms with Crippen molar-refractivity contribution in [3.63, 3.8) is 0 Å². The van der Waals surface area contributed by atoms with Crippen molar-refractivity contribution in [2.75, 3.05) is 29.9 Å². The molecule has 0 saturated carbocycles. The second kappa shape index (κ2) is 8.61. The Morgan fingerprint density at radius 1 is 1.17 bits per heavy atom. The van der Waals surface area contributed by atoms with Crippen molar-refractivity contribution < 1.29 is 9.53 Å². The Bertz CT molecular complexity index is 1040. The van der Waals surface area contributed by atoms with Gasteiger partial charge in [-0.25, -0.2) is 14.8 Å². The number of ether oxygens (including phenoxy) is 1. The number of nitrogens with one attached hydrogen (secondary N) is 1. The molecule has 1 aliphatic rings.